The topological polar surface area (TPSA) is 64.7 Å². The highest BCUT2D eigenvalue weighted by Crippen LogP contribution is 2.09. The molecule has 0 bridgehead atoms. The highest BCUT2D eigenvalue weighted by molar-refractivity contribution is 5.79. The fourth-order valence-electron chi connectivity index (χ4n) is 1.94. The van der Waals surface area contributed by atoms with Gasteiger partial charge in [-0.2, -0.15) is 10.2 Å². The molecular weight excluding hydrogens is 242 g/mol. The smallest absolute Gasteiger partial charge is 0.244 e. The van der Waals surface area contributed by atoms with Crippen LogP contribution in [0.1, 0.15) is 29.9 Å². The maximum absolute atomic E-state index is 12.1. The molecule has 2 rings (SSSR count). The first-order chi connectivity index (χ1) is 9.00. The van der Waals surface area contributed by atoms with Crippen molar-refractivity contribution < 1.29 is 4.79 Å². The summed E-state index contributed by atoms with van der Waals surface area (Å²) in [4.78, 5) is 12.1. The number of hydrogen-bond donors (Lipinski definition) is 1. The molecule has 1 amide bonds. The molecule has 102 valence electrons. The number of nitrogens with zero attached hydrogens (tertiary/aromatic N) is 4. The second kappa shape index (κ2) is 5.26. The highest BCUT2D eigenvalue weighted by atomic mass is 16.2. The van der Waals surface area contributed by atoms with Crippen molar-refractivity contribution in [2.75, 3.05) is 0 Å². The van der Waals surface area contributed by atoms with Crippen molar-refractivity contribution in [1.82, 2.24) is 24.9 Å². The fraction of sp³-hybridized carbons (Fsp3) is 0.462. The second-order valence-corrected chi connectivity index (χ2v) is 4.69. The van der Waals surface area contributed by atoms with Crippen molar-refractivity contribution in [2.45, 2.75) is 33.4 Å². The van der Waals surface area contributed by atoms with Crippen LogP contribution in [-0.2, 0) is 18.4 Å². The lowest BCUT2D eigenvalue weighted by molar-refractivity contribution is -0.124. The number of rotatable bonds is 4. The lowest BCUT2D eigenvalue weighted by Gasteiger charge is -2.14. The Morgan fingerprint density at radius 1 is 1.42 bits per heavy atom. The van der Waals surface area contributed by atoms with Crippen LogP contribution in [-0.4, -0.2) is 25.5 Å². The van der Waals surface area contributed by atoms with Gasteiger partial charge in [0, 0.05) is 36.7 Å². The molecule has 0 aliphatic rings. The van der Waals surface area contributed by atoms with Crippen molar-refractivity contribution >= 4 is 5.91 Å². The van der Waals surface area contributed by atoms with E-state index in [9.17, 15) is 4.79 Å². The average Bonchev–Trinajstić information content (AvgIpc) is 2.94. The molecular formula is C13H19N5O. The number of aryl methyl sites for hydroxylation is 2. The Labute approximate surface area is 112 Å². The predicted molar refractivity (Wildman–Crippen MR) is 71.5 cm³/mol. The van der Waals surface area contributed by atoms with Crippen LogP contribution in [0, 0.1) is 13.8 Å². The predicted octanol–water partition coefficient (Wildman–Crippen LogP) is 1.11. The minimum Gasteiger partial charge on any atom is -0.350 e. The molecule has 1 N–H and O–H groups in total. The first-order valence-electron chi connectivity index (χ1n) is 6.26. The van der Waals surface area contributed by atoms with Gasteiger partial charge in [-0.05, 0) is 26.8 Å². The molecule has 0 saturated heterocycles. The molecule has 6 heteroatoms. The van der Waals surface area contributed by atoms with Crippen LogP contribution in [0.3, 0.4) is 0 Å². The zero-order valence-corrected chi connectivity index (χ0v) is 11.7. The van der Waals surface area contributed by atoms with Gasteiger partial charge in [0.15, 0.2) is 0 Å². The van der Waals surface area contributed by atoms with E-state index in [0.717, 1.165) is 17.0 Å². The quantitative estimate of drug-likeness (QED) is 0.896. The van der Waals surface area contributed by atoms with Crippen LogP contribution in [0.25, 0.3) is 0 Å². The summed E-state index contributed by atoms with van der Waals surface area (Å²) in [6.07, 6.45) is 3.48. The van der Waals surface area contributed by atoms with E-state index >= 15 is 0 Å². The Bertz CT molecular complexity index is 584. The maximum atomic E-state index is 12.1. The molecule has 0 spiro atoms. The third kappa shape index (κ3) is 2.67. The molecule has 2 aromatic rings. The third-order valence-corrected chi connectivity index (χ3v) is 3.40. The standard InChI is InChI=1S/C13H19N5O/c1-9-5-6-15-18(9)11(3)13(19)14-7-12-8-16-17(4)10(12)2/h5-6,8,11H,7H2,1-4H3,(H,14,19). The van der Waals surface area contributed by atoms with Gasteiger partial charge in [0.1, 0.15) is 6.04 Å². The number of nitrogens with one attached hydrogen (secondary N) is 1. The van der Waals surface area contributed by atoms with Crippen molar-refractivity contribution in [3.63, 3.8) is 0 Å². The van der Waals surface area contributed by atoms with Gasteiger partial charge in [-0.25, -0.2) is 0 Å². The largest absolute Gasteiger partial charge is 0.350 e. The highest BCUT2D eigenvalue weighted by Gasteiger charge is 2.17. The van der Waals surface area contributed by atoms with Crippen LogP contribution in [0.15, 0.2) is 18.5 Å². The molecule has 0 fully saturated rings. The molecule has 0 aliphatic carbocycles. The number of amides is 1. The zero-order chi connectivity index (χ0) is 14.0. The maximum Gasteiger partial charge on any atom is 0.244 e. The average molecular weight is 261 g/mol. The number of aromatic nitrogens is 4. The van der Waals surface area contributed by atoms with E-state index in [1.54, 1.807) is 21.8 Å². The Balaban J connectivity index is 1.98. The summed E-state index contributed by atoms with van der Waals surface area (Å²) >= 11 is 0. The Hall–Kier alpha value is -2.11. The molecule has 1 atom stereocenters. The summed E-state index contributed by atoms with van der Waals surface area (Å²) in [5.41, 5.74) is 3.06. The molecule has 6 nitrogen and oxygen atoms in total. The van der Waals surface area contributed by atoms with Crippen LogP contribution in [0.4, 0.5) is 0 Å². The molecule has 2 heterocycles. The van der Waals surface area contributed by atoms with Crippen molar-refractivity contribution in [2.24, 2.45) is 7.05 Å². The molecule has 0 aromatic carbocycles. The van der Waals surface area contributed by atoms with Gasteiger partial charge in [0.05, 0.1) is 6.20 Å². The van der Waals surface area contributed by atoms with Crippen LogP contribution in [0.2, 0.25) is 0 Å². The summed E-state index contributed by atoms with van der Waals surface area (Å²) in [7, 11) is 1.89. The van der Waals surface area contributed by atoms with E-state index in [1.165, 1.54) is 0 Å². The van der Waals surface area contributed by atoms with Gasteiger partial charge in [-0.3, -0.25) is 14.2 Å². The molecule has 0 aliphatic heterocycles. The van der Waals surface area contributed by atoms with Gasteiger partial charge in [0.25, 0.3) is 0 Å². The summed E-state index contributed by atoms with van der Waals surface area (Å²) in [5, 5.41) is 11.2. The third-order valence-electron chi connectivity index (χ3n) is 3.40. The van der Waals surface area contributed by atoms with E-state index < -0.39 is 0 Å². The Morgan fingerprint density at radius 3 is 2.68 bits per heavy atom. The van der Waals surface area contributed by atoms with Gasteiger partial charge < -0.3 is 5.32 Å². The van der Waals surface area contributed by atoms with Crippen LogP contribution < -0.4 is 5.32 Å². The monoisotopic (exact) mass is 261 g/mol. The van der Waals surface area contributed by atoms with Crippen LogP contribution >= 0.6 is 0 Å². The first kappa shape index (κ1) is 13.3. The molecule has 0 saturated carbocycles. The Morgan fingerprint density at radius 2 is 2.16 bits per heavy atom. The van der Waals surface area contributed by atoms with E-state index in [4.69, 9.17) is 0 Å². The van der Waals surface area contributed by atoms with E-state index in [1.807, 2.05) is 33.9 Å². The van der Waals surface area contributed by atoms with Crippen molar-refractivity contribution in [3.8, 4) is 0 Å². The lowest BCUT2D eigenvalue weighted by atomic mass is 10.2. The zero-order valence-electron chi connectivity index (χ0n) is 11.7. The summed E-state index contributed by atoms with van der Waals surface area (Å²) in [5.74, 6) is -0.0462. The summed E-state index contributed by atoms with van der Waals surface area (Å²) in [6, 6.07) is 1.57. The van der Waals surface area contributed by atoms with Crippen molar-refractivity contribution in [1.29, 1.82) is 0 Å². The molecule has 2 aromatic heterocycles. The van der Waals surface area contributed by atoms with Gasteiger partial charge in [0.2, 0.25) is 5.91 Å². The minimum atomic E-state index is -0.313. The fourth-order valence-corrected chi connectivity index (χ4v) is 1.94. The van der Waals surface area contributed by atoms with E-state index in [0.29, 0.717) is 6.54 Å². The van der Waals surface area contributed by atoms with E-state index in [-0.39, 0.29) is 11.9 Å². The van der Waals surface area contributed by atoms with Gasteiger partial charge in [-0.1, -0.05) is 0 Å². The van der Waals surface area contributed by atoms with Crippen LogP contribution in [0.5, 0.6) is 0 Å². The Kier molecular flexibility index (Phi) is 3.69. The van der Waals surface area contributed by atoms with Crippen molar-refractivity contribution in [3.05, 3.63) is 35.4 Å². The molecule has 19 heavy (non-hydrogen) atoms. The normalized spacial score (nSPS) is 12.4. The van der Waals surface area contributed by atoms with Gasteiger partial charge >= 0.3 is 0 Å². The minimum absolute atomic E-state index is 0.0462. The number of hydrogen-bond acceptors (Lipinski definition) is 3. The van der Waals surface area contributed by atoms with E-state index in [2.05, 4.69) is 15.5 Å². The summed E-state index contributed by atoms with van der Waals surface area (Å²) < 4.78 is 3.51. The number of carbonyl (C=O) groups is 1. The SMILES string of the molecule is Cc1c(CNC(=O)C(C)n2nccc2C)cnn1C. The first-order valence-corrected chi connectivity index (χ1v) is 6.26. The molecule has 0 radical (unpaired) electrons. The summed E-state index contributed by atoms with van der Waals surface area (Å²) in [6.45, 7) is 6.24. The molecule has 1 unspecified atom stereocenters. The second-order valence-electron chi connectivity index (χ2n) is 4.69. The number of carbonyl (C=O) groups excluding carboxylic acids is 1. The van der Waals surface area contributed by atoms with Gasteiger partial charge in [-0.15, -0.1) is 0 Å². The lowest BCUT2D eigenvalue weighted by Crippen LogP contribution is -2.31.